The number of amides is 2. The number of hydrogen-bond acceptors (Lipinski definition) is 4. The van der Waals surface area contributed by atoms with Gasteiger partial charge in [-0.05, 0) is 29.6 Å². The highest BCUT2D eigenvalue weighted by atomic mass is 32.1. The van der Waals surface area contributed by atoms with Crippen LogP contribution in [0.4, 0.5) is 9.18 Å². The predicted octanol–water partition coefficient (Wildman–Crippen LogP) is 2.82. The molecule has 1 atom stereocenters. The van der Waals surface area contributed by atoms with Crippen LogP contribution in [0.25, 0.3) is 0 Å². The van der Waals surface area contributed by atoms with E-state index in [9.17, 15) is 14.3 Å². The van der Waals surface area contributed by atoms with Gasteiger partial charge in [0.1, 0.15) is 11.6 Å². The Balaban J connectivity index is 1.99. The number of hydrogen-bond donors (Lipinski definition) is 2. The first-order valence-electron chi connectivity index (χ1n) is 6.24. The lowest BCUT2D eigenvalue weighted by atomic mass is 10.0. The van der Waals surface area contributed by atoms with Crippen molar-refractivity contribution in [3.63, 3.8) is 0 Å². The van der Waals surface area contributed by atoms with Crippen LogP contribution in [0.5, 0.6) is 5.75 Å². The third-order valence-corrected chi connectivity index (χ3v) is 4.25. The maximum atomic E-state index is 13.4. The number of phenolic OH excluding ortho intramolecular Hbond substituents is 1. The van der Waals surface area contributed by atoms with Crippen molar-refractivity contribution in [1.29, 1.82) is 0 Å². The molecule has 2 heterocycles. The number of thiophene rings is 1. The van der Waals surface area contributed by atoms with Crippen molar-refractivity contribution in [2.24, 2.45) is 10.8 Å². The van der Waals surface area contributed by atoms with E-state index >= 15 is 0 Å². The van der Waals surface area contributed by atoms with E-state index in [2.05, 4.69) is 5.10 Å². The van der Waals surface area contributed by atoms with Crippen LogP contribution in [0.3, 0.4) is 0 Å². The molecule has 1 aromatic carbocycles. The number of halogens is 1. The Morgan fingerprint density at radius 3 is 2.95 bits per heavy atom. The van der Waals surface area contributed by atoms with Gasteiger partial charge in [0, 0.05) is 16.9 Å². The Morgan fingerprint density at radius 1 is 1.48 bits per heavy atom. The monoisotopic (exact) mass is 305 g/mol. The standard InChI is InChI=1S/C14H12FN3O2S/c15-8-3-4-12(19)9(6-8)10-7-11(13-2-1-5-21-13)18(17-10)14(16)20/h1-6,11,19H,7H2,(H2,16,20). The van der Waals surface area contributed by atoms with Crippen molar-refractivity contribution in [2.75, 3.05) is 0 Å². The molecule has 0 saturated carbocycles. The fraction of sp³-hybridized carbons (Fsp3) is 0.143. The molecule has 1 aromatic heterocycles. The number of hydrazone groups is 1. The summed E-state index contributed by atoms with van der Waals surface area (Å²) in [7, 11) is 0. The van der Waals surface area contributed by atoms with E-state index in [0.717, 1.165) is 10.9 Å². The maximum absolute atomic E-state index is 13.4. The summed E-state index contributed by atoms with van der Waals surface area (Å²) < 4.78 is 13.4. The zero-order valence-electron chi connectivity index (χ0n) is 10.9. The van der Waals surface area contributed by atoms with E-state index in [1.165, 1.54) is 28.5 Å². The fourth-order valence-corrected chi connectivity index (χ4v) is 3.13. The molecule has 1 unspecified atom stereocenters. The molecule has 0 fully saturated rings. The molecule has 1 aliphatic heterocycles. The number of primary amides is 1. The summed E-state index contributed by atoms with van der Waals surface area (Å²) in [5.74, 6) is -0.554. The third-order valence-electron chi connectivity index (χ3n) is 3.28. The summed E-state index contributed by atoms with van der Waals surface area (Å²) >= 11 is 1.49. The van der Waals surface area contributed by atoms with Gasteiger partial charge in [-0.1, -0.05) is 6.07 Å². The smallest absolute Gasteiger partial charge is 0.335 e. The van der Waals surface area contributed by atoms with Gasteiger partial charge < -0.3 is 10.8 Å². The van der Waals surface area contributed by atoms with Crippen LogP contribution in [0, 0.1) is 5.82 Å². The van der Waals surface area contributed by atoms with Crippen LogP contribution in [0.1, 0.15) is 22.9 Å². The molecule has 108 valence electrons. The second-order valence-electron chi connectivity index (χ2n) is 4.63. The van der Waals surface area contributed by atoms with Crippen molar-refractivity contribution in [2.45, 2.75) is 12.5 Å². The highest BCUT2D eigenvalue weighted by molar-refractivity contribution is 7.10. The van der Waals surface area contributed by atoms with Crippen LogP contribution in [0.15, 0.2) is 40.8 Å². The first-order valence-corrected chi connectivity index (χ1v) is 7.12. The van der Waals surface area contributed by atoms with E-state index in [1.807, 2.05) is 17.5 Å². The van der Waals surface area contributed by atoms with Crippen LogP contribution < -0.4 is 5.73 Å². The Bertz CT molecular complexity index is 715. The summed E-state index contributed by atoms with van der Waals surface area (Å²) in [4.78, 5) is 12.5. The lowest BCUT2D eigenvalue weighted by Gasteiger charge is -2.17. The minimum atomic E-state index is -0.681. The fourth-order valence-electron chi connectivity index (χ4n) is 2.32. The summed E-state index contributed by atoms with van der Waals surface area (Å²) in [5.41, 5.74) is 6.06. The van der Waals surface area contributed by atoms with E-state index in [4.69, 9.17) is 5.73 Å². The largest absolute Gasteiger partial charge is 0.507 e. The Kier molecular flexibility index (Phi) is 3.34. The Hall–Kier alpha value is -2.41. The highest BCUT2D eigenvalue weighted by Gasteiger charge is 2.33. The van der Waals surface area contributed by atoms with Crippen molar-refractivity contribution >= 4 is 23.1 Å². The van der Waals surface area contributed by atoms with Gasteiger partial charge in [0.15, 0.2) is 0 Å². The van der Waals surface area contributed by atoms with E-state index in [0.29, 0.717) is 12.1 Å². The van der Waals surface area contributed by atoms with Gasteiger partial charge in [0.2, 0.25) is 0 Å². The molecule has 0 spiro atoms. The quantitative estimate of drug-likeness (QED) is 0.894. The first kappa shape index (κ1) is 13.6. The molecule has 5 nitrogen and oxygen atoms in total. The lowest BCUT2D eigenvalue weighted by molar-refractivity contribution is 0.197. The lowest BCUT2D eigenvalue weighted by Crippen LogP contribution is -2.31. The van der Waals surface area contributed by atoms with Crippen LogP contribution >= 0.6 is 11.3 Å². The number of nitrogens with two attached hydrogens (primary N) is 1. The number of carbonyl (C=O) groups is 1. The number of phenols is 1. The molecular formula is C14H12FN3O2S. The number of carbonyl (C=O) groups excluding carboxylic acids is 1. The van der Waals surface area contributed by atoms with Crippen molar-refractivity contribution < 1.29 is 14.3 Å². The zero-order chi connectivity index (χ0) is 15.0. The number of urea groups is 1. The van der Waals surface area contributed by atoms with Crippen molar-refractivity contribution in [3.8, 4) is 5.75 Å². The molecule has 0 bridgehead atoms. The predicted molar refractivity (Wildman–Crippen MR) is 77.7 cm³/mol. The molecule has 0 radical (unpaired) electrons. The van der Waals surface area contributed by atoms with E-state index in [-0.39, 0.29) is 17.4 Å². The second kappa shape index (κ2) is 5.17. The zero-order valence-corrected chi connectivity index (χ0v) is 11.7. The molecule has 1 aliphatic rings. The molecule has 21 heavy (non-hydrogen) atoms. The van der Waals surface area contributed by atoms with Crippen LogP contribution in [-0.4, -0.2) is 21.9 Å². The molecule has 2 aromatic rings. The number of benzene rings is 1. The Labute approximate surface area is 124 Å². The maximum Gasteiger partial charge on any atom is 0.335 e. The Morgan fingerprint density at radius 2 is 2.29 bits per heavy atom. The summed E-state index contributed by atoms with van der Waals surface area (Å²) in [6.07, 6.45) is 0.375. The normalized spacial score (nSPS) is 17.9. The summed E-state index contributed by atoms with van der Waals surface area (Å²) in [6, 6.07) is 6.38. The minimum Gasteiger partial charge on any atom is -0.507 e. The molecule has 0 saturated heterocycles. The van der Waals surface area contributed by atoms with Crippen molar-refractivity contribution in [1.82, 2.24) is 5.01 Å². The number of rotatable bonds is 2. The summed E-state index contributed by atoms with van der Waals surface area (Å²) in [5, 5.41) is 17.1. The molecule has 2 amide bonds. The SMILES string of the molecule is NC(=O)N1N=C(c2cc(F)ccc2O)CC1c1cccs1. The van der Waals surface area contributed by atoms with E-state index < -0.39 is 11.8 Å². The van der Waals surface area contributed by atoms with Gasteiger partial charge in [0.25, 0.3) is 0 Å². The molecule has 3 rings (SSSR count). The average Bonchev–Trinajstić information content (AvgIpc) is 3.09. The molecular weight excluding hydrogens is 293 g/mol. The topological polar surface area (TPSA) is 78.9 Å². The molecule has 0 aliphatic carbocycles. The highest BCUT2D eigenvalue weighted by Crippen LogP contribution is 2.36. The van der Waals surface area contributed by atoms with Gasteiger partial charge in [-0.15, -0.1) is 11.3 Å². The van der Waals surface area contributed by atoms with Gasteiger partial charge >= 0.3 is 6.03 Å². The van der Waals surface area contributed by atoms with Gasteiger partial charge in [-0.3, -0.25) is 0 Å². The van der Waals surface area contributed by atoms with Crippen LogP contribution in [0.2, 0.25) is 0 Å². The number of nitrogens with zero attached hydrogens (tertiary/aromatic N) is 2. The summed E-state index contributed by atoms with van der Waals surface area (Å²) in [6.45, 7) is 0. The first-order chi connectivity index (χ1) is 10.1. The van der Waals surface area contributed by atoms with E-state index in [1.54, 1.807) is 0 Å². The van der Waals surface area contributed by atoms with Gasteiger partial charge in [-0.25, -0.2) is 14.2 Å². The van der Waals surface area contributed by atoms with Gasteiger partial charge in [0.05, 0.1) is 11.8 Å². The van der Waals surface area contributed by atoms with Crippen LogP contribution in [-0.2, 0) is 0 Å². The minimum absolute atomic E-state index is 0.0774. The average molecular weight is 305 g/mol. The molecule has 7 heteroatoms. The third kappa shape index (κ3) is 2.47. The van der Waals surface area contributed by atoms with Gasteiger partial charge in [-0.2, -0.15) is 5.10 Å². The second-order valence-corrected chi connectivity index (χ2v) is 5.61. The molecule has 3 N–H and O–H groups in total. The van der Waals surface area contributed by atoms with Crippen molar-refractivity contribution in [3.05, 3.63) is 52.0 Å². The number of aromatic hydroxyl groups is 1.